The van der Waals surface area contributed by atoms with E-state index in [1.54, 1.807) is 0 Å². The van der Waals surface area contributed by atoms with Crippen molar-refractivity contribution < 1.29 is 28.0 Å². The van der Waals surface area contributed by atoms with Crippen LogP contribution in [-0.2, 0) is 14.3 Å². The number of aromatic amines is 1. The zero-order valence-corrected chi connectivity index (χ0v) is 21.0. The quantitative estimate of drug-likeness (QED) is 0.322. The molecule has 1 aliphatic heterocycles. The number of hydrogen-bond acceptors (Lipinski definition) is 11. The van der Waals surface area contributed by atoms with Gasteiger partial charge in [-0.1, -0.05) is 60.7 Å². The summed E-state index contributed by atoms with van der Waals surface area (Å²) in [5, 5.41) is 0.321. The third-order valence-corrected chi connectivity index (χ3v) is 6.46. The number of hydrogen-bond donors (Lipinski definition) is 1. The highest BCUT2D eigenvalue weighted by Crippen LogP contribution is 2.40. The number of cyclic esters (lactones) is 1. The Hall–Kier alpha value is -5.43. The first-order valence-electron chi connectivity index (χ1n) is 11.7. The molecular weight excluding hydrogens is 540 g/mol. The van der Waals surface area contributed by atoms with Crippen LogP contribution >= 0.6 is 11.8 Å². The molecular formula is C27H16N4O8S. The van der Waals surface area contributed by atoms with E-state index in [9.17, 15) is 19.2 Å². The molecule has 13 heteroatoms. The lowest BCUT2D eigenvalue weighted by atomic mass is 10.1. The van der Waals surface area contributed by atoms with Gasteiger partial charge in [0.05, 0.1) is 11.4 Å². The highest BCUT2D eigenvalue weighted by molar-refractivity contribution is 7.99. The Bertz CT molecular complexity index is 1870. The van der Waals surface area contributed by atoms with Gasteiger partial charge in [0.2, 0.25) is 11.3 Å². The zero-order chi connectivity index (χ0) is 27.6. The molecule has 4 bridgehead atoms. The maximum absolute atomic E-state index is 12.6. The Morgan fingerprint density at radius 3 is 2.20 bits per heavy atom. The van der Waals surface area contributed by atoms with Gasteiger partial charge in [0.15, 0.2) is 5.16 Å². The van der Waals surface area contributed by atoms with Gasteiger partial charge >= 0.3 is 29.1 Å². The number of benzene rings is 2. The summed E-state index contributed by atoms with van der Waals surface area (Å²) < 4.78 is 21.9. The summed E-state index contributed by atoms with van der Waals surface area (Å²) in [4.78, 5) is 61.5. The van der Waals surface area contributed by atoms with E-state index in [0.717, 1.165) is 51.7 Å². The van der Waals surface area contributed by atoms with E-state index in [1.807, 2.05) is 60.7 Å². The summed E-state index contributed by atoms with van der Waals surface area (Å²) in [6.45, 7) is 0. The highest BCUT2D eigenvalue weighted by atomic mass is 32.2. The molecule has 5 aromatic rings. The first-order chi connectivity index (χ1) is 19.4. The van der Waals surface area contributed by atoms with E-state index in [4.69, 9.17) is 23.4 Å². The number of H-pyrrole nitrogens is 1. The van der Waals surface area contributed by atoms with Crippen molar-refractivity contribution in [1.29, 1.82) is 0 Å². The van der Waals surface area contributed by atoms with E-state index >= 15 is 0 Å². The molecule has 198 valence electrons. The van der Waals surface area contributed by atoms with E-state index < -0.39 is 40.2 Å². The summed E-state index contributed by atoms with van der Waals surface area (Å²) in [6, 6.07) is 20.6. The monoisotopic (exact) mass is 556 g/mol. The normalized spacial score (nSPS) is 15.8. The Kier molecular flexibility index (Phi) is 6.46. The predicted molar refractivity (Wildman–Crippen MR) is 140 cm³/mol. The van der Waals surface area contributed by atoms with Crippen molar-refractivity contribution in [3.63, 3.8) is 0 Å². The van der Waals surface area contributed by atoms with Crippen molar-refractivity contribution in [2.24, 2.45) is 0 Å². The average molecular weight is 557 g/mol. The second kappa shape index (κ2) is 10.4. The molecule has 0 saturated carbocycles. The summed E-state index contributed by atoms with van der Waals surface area (Å²) in [7, 11) is 0. The fraction of sp³-hybridized carbons (Fsp3) is 0.0370. The number of aromatic nitrogens is 4. The fourth-order valence-corrected chi connectivity index (χ4v) is 4.73. The predicted octanol–water partition coefficient (Wildman–Crippen LogP) is 3.67. The lowest BCUT2D eigenvalue weighted by Crippen LogP contribution is -2.15. The summed E-state index contributed by atoms with van der Waals surface area (Å²) in [6.07, 6.45) is 1.68. The zero-order valence-electron chi connectivity index (χ0n) is 20.2. The molecule has 1 N–H and O–H groups in total. The molecule has 0 radical (unpaired) electrons. The fourth-order valence-electron chi connectivity index (χ4n) is 3.83. The van der Waals surface area contributed by atoms with Gasteiger partial charge in [0.1, 0.15) is 0 Å². The molecule has 1 aliphatic rings. The minimum absolute atomic E-state index is 0.221. The lowest BCUT2D eigenvalue weighted by molar-refractivity contribution is -0.140. The Morgan fingerprint density at radius 2 is 1.45 bits per heavy atom. The van der Waals surface area contributed by atoms with E-state index in [0.29, 0.717) is 16.5 Å². The van der Waals surface area contributed by atoms with Crippen molar-refractivity contribution in [1.82, 2.24) is 19.5 Å². The molecule has 3 aromatic heterocycles. The van der Waals surface area contributed by atoms with Gasteiger partial charge in [-0.2, -0.15) is 4.98 Å². The number of thioether (sulfide) groups is 1. The molecule has 4 heterocycles. The number of nitrogens with one attached hydrogen (secondary N) is 1. The Balaban J connectivity index is 1.53. The van der Waals surface area contributed by atoms with Gasteiger partial charge in [-0.25, -0.2) is 24.2 Å². The van der Waals surface area contributed by atoms with Crippen molar-refractivity contribution in [3.05, 3.63) is 112 Å². The topological polar surface area (TPSA) is 159 Å². The molecule has 0 spiro atoms. The van der Waals surface area contributed by atoms with Crippen molar-refractivity contribution in [2.45, 2.75) is 10.6 Å². The molecule has 12 nitrogen and oxygen atoms in total. The van der Waals surface area contributed by atoms with Crippen LogP contribution in [0.4, 0.5) is 0 Å². The van der Waals surface area contributed by atoms with Gasteiger partial charge in [-0.05, 0) is 11.8 Å². The molecule has 1 unspecified atom stereocenters. The van der Waals surface area contributed by atoms with Crippen LogP contribution < -0.4 is 16.0 Å². The number of carbonyl (C=O) groups is 2. The molecule has 0 aliphatic carbocycles. The smallest absolute Gasteiger partial charge is 0.356 e. The minimum atomic E-state index is -1.31. The summed E-state index contributed by atoms with van der Waals surface area (Å²) in [5.41, 5.74) is -0.709. The van der Waals surface area contributed by atoms with Gasteiger partial charge in [0.25, 0.3) is 5.71 Å². The number of ether oxygens (including phenoxy) is 2. The van der Waals surface area contributed by atoms with Crippen molar-refractivity contribution in [3.8, 4) is 28.4 Å². The van der Waals surface area contributed by atoms with Crippen LogP contribution in [0.3, 0.4) is 0 Å². The molecule has 1 atom stereocenters. The van der Waals surface area contributed by atoms with Gasteiger partial charge in [0, 0.05) is 35.4 Å². The molecule has 40 heavy (non-hydrogen) atoms. The third kappa shape index (κ3) is 5.00. The number of imidazole rings is 2. The first kappa shape index (κ1) is 24.9. The minimum Gasteiger partial charge on any atom is -0.439 e. The van der Waals surface area contributed by atoms with E-state index in [2.05, 4.69) is 9.97 Å². The Morgan fingerprint density at radius 1 is 0.775 bits per heavy atom. The third-order valence-electron chi connectivity index (χ3n) is 5.52. The van der Waals surface area contributed by atoms with Gasteiger partial charge in [-0.3, -0.25) is 0 Å². The van der Waals surface area contributed by atoms with E-state index in [-0.39, 0.29) is 5.82 Å². The standard InChI is InChI=1S/C27H16N4O8S/c32-17-13-14-20(35)39-31-23-26(38-19(34)12-11-18(33)37-25(31)24(30-23)36-17)40-27-28-21(15-7-3-1-4-8-15)22(29-27)16-9-5-2-6-10-16/h1-14,26H,(H,28,29)/b12-11-,14-13?. The molecule has 0 fully saturated rings. The number of esters is 2. The largest absolute Gasteiger partial charge is 0.439 e. The number of carbonyl (C=O) groups excluding carboxylic acids is 2. The van der Waals surface area contributed by atoms with Crippen LogP contribution in [0, 0.1) is 0 Å². The van der Waals surface area contributed by atoms with Crippen molar-refractivity contribution >= 4 is 29.4 Å². The van der Waals surface area contributed by atoms with E-state index in [1.165, 1.54) is 0 Å². The average Bonchev–Trinajstić information content (AvgIpc) is 3.53. The van der Waals surface area contributed by atoms with Gasteiger partial charge in [-0.15, -0.1) is 4.57 Å². The maximum Gasteiger partial charge on any atom is 0.356 e. The molecule has 0 saturated heterocycles. The SMILES string of the molecule is O=C1/C=C\C(=O)OC(Sc2nc(-c3ccccc3)c(-c3ccccc3)[nH]2)c2nc3oc(=O)ccc(=O)on2c3O1. The van der Waals surface area contributed by atoms with Crippen LogP contribution in [0.1, 0.15) is 11.3 Å². The second-order valence-electron chi connectivity index (χ2n) is 8.18. The second-order valence-corrected chi connectivity index (χ2v) is 9.23. The molecule has 0 amide bonds. The lowest BCUT2D eigenvalue weighted by Gasteiger charge is -2.14. The van der Waals surface area contributed by atoms with Gasteiger partial charge < -0.3 is 23.4 Å². The van der Waals surface area contributed by atoms with Crippen LogP contribution in [0.25, 0.3) is 28.2 Å². The van der Waals surface area contributed by atoms with Crippen LogP contribution in [-0.4, -0.2) is 31.5 Å². The Labute approximate surface area is 227 Å². The molecule has 2 aromatic carbocycles. The maximum atomic E-state index is 12.6. The summed E-state index contributed by atoms with van der Waals surface area (Å²) in [5.74, 6) is -2.65. The van der Waals surface area contributed by atoms with Crippen LogP contribution in [0.5, 0.6) is 5.88 Å². The van der Waals surface area contributed by atoms with Crippen molar-refractivity contribution in [2.75, 3.05) is 0 Å². The number of rotatable bonds is 4. The van der Waals surface area contributed by atoms with Crippen LogP contribution in [0.2, 0.25) is 0 Å². The first-order valence-corrected chi connectivity index (χ1v) is 12.6. The molecule has 6 rings (SSSR count). The summed E-state index contributed by atoms with van der Waals surface area (Å²) >= 11 is 0.928. The van der Waals surface area contributed by atoms with Crippen LogP contribution in [0.15, 0.2) is 109 Å². The highest BCUT2D eigenvalue weighted by Gasteiger charge is 2.31. The number of nitrogens with zero attached hydrogens (tertiary/aromatic N) is 3.